The summed E-state index contributed by atoms with van der Waals surface area (Å²) in [7, 11) is 0. The Morgan fingerprint density at radius 1 is 1.42 bits per heavy atom. The number of thiazole rings is 1. The van der Waals surface area contributed by atoms with E-state index in [1.165, 1.54) is 0 Å². The van der Waals surface area contributed by atoms with Gasteiger partial charge < -0.3 is 15.4 Å². The van der Waals surface area contributed by atoms with Gasteiger partial charge in [-0.2, -0.15) is 0 Å². The average molecular weight is 374 g/mol. The van der Waals surface area contributed by atoms with Crippen LogP contribution in [0.1, 0.15) is 38.8 Å². The van der Waals surface area contributed by atoms with Crippen LogP contribution in [0, 0.1) is 12.8 Å². The highest BCUT2D eigenvalue weighted by molar-refractivity contribution is 7.13. The maximum atomic E-state index is 12.4. The van der Waals surface area contributed by atoms with Gasteiger partial charge in [0.25, 0.3) is 0 Å². The molecule has 26 heavy (non-hydrogen) atoms. The van der Waals surface area contributed by atoms with Gasteiger partial charge in [0.2, 0.25) is 0 Å². The van der Waals surface area contributed by atoms with Crippen LogP contribution in [0.15, 0.2) is 29.6 Å². The molecule has 1 aliphatic rings. The maximum Gasteiger partial charge on any atom is 0.319 e. The van der Waals surface area contributed by atoms with Gasteiger partial charge >= 0.3 is 6.03 Å². The summed E-state index contributed by atoms with van der Waals surface area (Å²) in [6.07, 6.45) is 3.02. The number of ether oxygens (including phenoxy) is 1. The Bertz CT molecular complexity index is 744. The molecule has 0 saturated carbocycles. The number of carbonyl (C=O) groups is 1. The van der Waals surface area contributed by atoms with E-state index in [4.69, 9.17) is 4.74 Å². The highest BCUT2D eigenvalue weighted by Gasteiger charge is 2.24. The van der Waals surface area contributed by atoms with E-state index in [0.29, 0.717) is 12.5 Å². The van der Waals surface area contributed by atoms with Crippen molar-refractivity contribution in [1.82, 2.24) is 10.3 Å². The van der Waals surface area contributed by atoms with Crippen molar-refractivity contribution in [3.8, 4) is 10.6 Å². The Labute approximate surface area is 159 Å². The van der Waals surface area contributed by atoms with Crippen LogP contribution in [0.3, 0.4) is 0 Å². The zero-order valence-electron chi connectivity index (χ0n) is 15.6. The van der Waals surface area contributed by atoms with Crippen molar-refractivity contribution >= 4 is 23.1 Å². The maximum absolute atomic E-state index is 12.4. The van der Waals surface area contributed by atoms with Crippen LogP contribution in [-0.2, 0) is 4.74 Å². The standard InChI is InChI=1S/C20H27N3O2S/c1-13(2)9-18-11-17(7-8-25-18)23-20(24)22-16-6-4-5-15(10-16)19-21-14(3)12-26-19/h4-6,10,12-13,17-18H,7-9,11H2,1-3H3,(H2,22,23,24)/t17-,18+/m0/s1. The molecule has 1 fully saturated rings. The summed E-state index contributed by atoms with van der Waals surface area (Å²) in [4.78, 5) is 16.9. The third-order valence-corrected chi connectivity index (χ3v) is 5.43. The lowest BCUT2D eigenvalue weighted by Crippen LogP contribution is -2.44. The van der Waals surface area contributed by atoms with Gasteiger partial charge in [0.05, 0.1) is 6.10 Å². The van der Waals surface area contributed by atoms with Crippen LogP contribution in [0.2, 0.25) is 0 Å². The summed E-state index contributed by atoms with van der Waals surface area (Å²) in [6.45, 7) is 7.09. The number of aryl methyl sites for hydroxylation is 1. The van der Waals surface area contributed by atoms with Crippen molar-refractivity contribution in [1.29, 1.82) is 0 Å². The molecule has 1 aliphatic heterocycles. The van der Waals surface area contributed by atoms with Gasteiger partial charge in [0, 0.05) is 35.0 Å². The second-order valence-corrected chi connectivity index (χ2v) is 8.18. The van der Waals surface area contributed by atoms with Crippen LogP contribution in [0.5, 0.6) is 0 Å². The van der Waals surface area contributed by atoms with Crippen LogP contribution >= 0.6 is 11.3 Å². The number of hydrogen-bond donors (Lipinski definition) is 2. The van der Waals surface area contributed by atoms with Gasteiger partial charge in [-0.25, -0.2) is 9.78 Å². The molecule has 2 aromatic rings. The minimum absolute atomic E-state index is 0.160. The molecule has 2 amide bonds. The lowest BCUT2D eigenvalue weighted by molar-refractivity contribution is -0.00717. The lowest BCUT2D eigenvalue weighted by Gasteiger charge is -2.31. The Morgan fingerprint density at radius 2 is 2.27 bits per heavy atom. The normalized spacial score (nSPS) is 20.2. The molecule has 140 valence electrons. The Kier molecular flexibility index (Phi) is 6.27. The second-order valence-electron chi connectivity index (χ2n) is 7.32. The van der Waals surface area contributed by atoms with Gasteiger partial charge in [-0.05, 0) is 44.2 Å². The number of hydrogen-bond acceptors (Lipinski definition) is 4. The monoisotopic (exact) mass is 373 g/mol. The number of nitrogens with zero attached hydrogens (tertiary/aromatic N) is 1. The molecule has 0 spiro atoms. The Balaban J connectivity index is 1.56. The summed E-state index contributed by atoms with van der Waals surface area (Å²) in [5, 5.41) is 9.03. The van der Waals surface area contributed by atoms with Crippen LogP contribution in [-0.4, -0.2) is 29.8 Å². The molecule has 1 aromatic carbocycles. The zero-order chi connectivity index (χ0) is 18.5. The van der Waals surface area contributed by atoms with Gasteiger partial charge in [0.15, 0.2) is 0 Å². The van der Waals surface area contributed by atoms with E-state index in [1.807, 2.05) is 36.6 Å². The van der Waals surface area contributed by atoms with Crippen molar-refractivity contribution in [2.24, 2.45) is 5.92 Å². The van der Waals surface area contributed by atoms with E-state index < -0.39 is 0 Å². The predicted molar refractivity (Wildman–Crippen MR) is 107 cm³/mol. The van der Waals surface area contributed by atoms with Gasteiger partial charge in [-0.3, -0.25) is 0 Å². The minimum Gasteiger partial charge on any atom is -0.378 e. The summed E-state index contributed by atoms with van der Waals surface area (Å²) in [5.74, 6) is 0.602. The number of benzene rings is 1. The smallest absolute Gasteiger partial charge is 0.319 e. The summed E-state index contributed by atoms with van der Waals surface area (Å²) in [5.41, 5.74) is 2.80. The molecular formula is C20H27N3O2S. The first-order chi connectivity index (χ1) is 12.5. The molecule has 0 aliphatic carbocycles. The number of carbonyl (C=O) groups excluding carboxylic acids is 1. The fraction of sp³-hybridized carbons (Fsp3) is 0.500. The van der Waals surface area contributed by atoms with Crippen molar-refractivity contribution < 1.29 is 9.53 Å². The van der Waals surface area contributed by atoms with Crippen LogP contribution in [0.25, 0.3) is 10.6 Å². The van der Waals surface area contributed by atoms with E-state index in [1.54, 1.807) is 11.3 Å². The number of nitrogens with one attached hydrogen (secondary N) is 2. The molecule has 0 unspecified atom stereocenters. The molecule has 6 heteroatoms. The molecular weight excluding hydrogens is 346 g/mol. The number of amides is 2. The van der Waals surface area contributed by atoms with E-state index >= 15 is 0 Å². The number of rotatable bonds is 5. The van der Waals surface area contributed by atoms with Crippen LogP contribution < -0.4 is 10.6 Å². The molecule has 3 rings (SSSR count). The molecule has 1 saturated heterocycles. The van der Waals surface area contributed by atoms with Gasteiger partial charge in [-0.15, -0.1) is 11.3 Å². The molecule has 5 nitrogen and oxygen atoms in total. The quantitative estimate of drug-likeness (QED) is 0.789. The first-order valence-corrected chi connectivity index (χ1v) is 10.1. The third kappa shape index (κ3) is 5.29. The summed E-state index contributed by atoms with van der Waals surface area (Å²) in [6, 6.07) is 7.81. The third-order valence-electron chi connectivity index (χ3n) is 4.42. The molecule has 2 N–H and O–H groups in total. The second kappa shape index (κ2) is 8.64. The minimum atomic E-state index is -0.160. The Morgan fingerprint density at radius 3 is 3.00 bits per heavy atom. The molecule has 2 heterocycles. The highest BCUT2D eigenvalue weighted by Crippen LogP contribution is 2.26. The van der Waals surface area contributed by atoms with Crippen molar-refractivity contribution in [3.05, 3.63) is 35.3 Å². The topological polar surface area (TPSA) is 63.2 Å². The number of urea groups is 1. The SMILES string of the molecule is Cc1csc(-c2cccc(NC(=O)N[C@H]3CCO[C@H](CC(C)C)C3)c2)n1. The largest absolute Gasteiger partial charge is 0.378 e. The first kappa shape index (κ1) is 18.9. The molecule has 2 atom stereocenters. The first-order valence-electron chi connectivity index (χ1n) is 9.21. The molecule has 0 bridgehead atoms. The summed E-state index contributed by atoms with van der Waals surface area (Å²) >= 11 is 1.61. The fourth-order valence-electron chi connectivity index (χ4n) is 3.27. The van der Waals surface area contributed by atoms with Gasteiger partial charge in [0.1, 0.15) is 5.01 Å². The lowest BCUT2D eigenvalue weighted by atomic mass is 9.96. The highest BCUT2D eigenvalue weighted by atomic mass is 32.1. The molecule has 0 radical (unpaired) electrons. The Hall–Kier alpha value is -1.92. The predicted octanol–water partition coefficient (Wildman–Crippen LogP) is 4.83. The van der Waals surface area contributed by atoms with Crippen molar-refractivity contribution in [3.63, 3.8) is 0 Å². The van der Waals surface area contributed by atoms with Crippen LogP contribution in [0.4, 0.5) is 10.5 Å². The molecule has 1 aromatic heterocycles. The summed E-state index contributed by atoms with van der Waals surface area (Å²) < 4.78 is 5.81. The van der Waals surface area contributed by atoms with Crippen molar-refractivity contribution in [2.45, 2.75) is 52.2 Å². The van der Waals surface area contributed by atoms with E-state index in [2.05, 4.69) is 29.5 Å². The number of aromatic nitrogens is 1. The van der Waals surface area contributed by atoms with Crippen molar-refractivity contribution in [2.75, 3.05) is 11.9 Å². The van der Waals surface area contributed by atoms with E-state index in [9.17, 15) is 4.79 Å². The number of anilines is 1. The fourth-order valence-corrected chi connectivity index (χ4v) is 4.07. The van der Waals surface area contributed by atoms with E-state index in [-0.39, 0.29) is 18.2 Å². The van der Waals surface area contributed by atoms with Gasteiger partial charge in [-0.1, -0.05) is 26.0 Å². The zero-order valence-corrected chi connectivity index (χ0v) is 16.4. The van der Waals surface area contributed by atoms with E-state index in [0.717, 1.165) is 41.2 Å². The average Bonchev–Trinajstić information content (AvgIpc) is 3.01.